The first kappa shape index (κ1) is 20.0. The van der Waals surface area contributed by atoms with Crippen LogP contribution in [0.4, 0.5) is 0 Å². The summed E-state index contributed by atoms with van der Waals surface area (Å²) in [6, 6.07) is 1.72. The van der Waals surface area contributed by atoms with Crippen molar-refractivity contribution >= 4 is 49.6 Å². The normalized spacial score (nSPS) is 20.1. The van der Waals surface area contributed by atoms with Gasteiger partial charge in [-0.3, -0.25) is 14.4 Å². The fourth-order valence-corrected chi connectivity index (χ4v) is 3.58. The van der Waals surface area contributed by atoms with Gasteiger partial charge in [-0.15, -0.1) is 0 Å². The molecule has 1 aromatic heterocycles. The second-order valence-corrected chi connectivity index (χ2v) is 7.85. The lowest BCUT2D eigenvalue weighted by Crippen LogP contribution is -2.36. The molecule has 1 fully saturated rings. The number of rotatable bonds is 7. The first-order valence-electron chi connectivity index (χ1n) is 8.18. The molecule has 4 N–H and O–H groups in total. The van der Waals surface area contributed by atoms with Gasteiger partial charge in [-0.05, 0) is 69.5 Å². The predicted octanol–water partition coefficient (Wildman–Crippen LogP) is 2.67. The van der Waals surface area contributed by atoms with E-state index < -0.39 is 5.97 Å². The van der Waals surface area contributed by atoms with Crippen molar-refractivity contribution in [3.63, 3.8) is 0 Å². The highest BCUT2D eigenvalue weighted by atomic mass is 79.9. The zero-order chi connectivity index (χ0) is 18.4. The highest BCUT2D eigenvalue weighted by molar-refractivity contribution is 9.13. The Kier molecular flexibility index (Phi) is 7.49. The molecule has 7 nitrogen and oxygen atoms in total. The molecule has 0 unspecified atom stereocenters. The molecule has 0 aromatic carbocycles. The fourth-order valence-electron chi connectivity index (χ4n) is 2.92. The number of H-pyrrole nitrogens is 1. The highest BCUT2D eigenvalue weighted by Crippen LogP contribution is 2.28. The largest absolute Gasteiger partial charge is 0.481 e. The number of carboxylic acid groups (broad SMARTS) is 1. The molecular formula is C16H21Br2N3O4. The average molecular weight is 479 g/mol. The third-order valence-electron chi connectivity index (χ3n) is 4.38. The van der Waals surface area contributed by atoms with E-state index >= 15 is 0 Å². The number of hydrogen-bond acceptors (Lipinski definition) is 3. The molecule has 1 aromatic rings. The van der Waals surface area contributed by atoms with E-state index in [9.17, 15) is 14.4 Å². The molecule has 1 heterocycles. The lowest BCUT2D eigenvalue weighted by atomic mass is 9.81. The van der Waals surface area contributed by atoms with E-state index in [4.69, 9.17) is 5.11 Å². The summed E-state index contributed by atoms with van der Waals surface area (Å²) < 4.78 is 1.53. The van der Waals surface area contributed by atoms with E-state index in [0.717, 1.165) is 34.8 Å². The van der Waals surface area contributed by atoms with E-state index in [1.54, 1.807) is 6.07 Å². The zero-order valence-electron chi connectivity index (χ0n) is 13.6. The molecule has 1 saturated carbocycles. The molecular weight excluding hydrogens is 458 g/mol. The summed E-state index contributed by atoms with van der Waals surface area (Å²) in [5.74, 6) is -0.837. The minimum Gasteiger partial charge on any atom is -0.481 e. The molecule has 0 spiro atoms. The van der Waals surface area contributed by atoms with Crippen LogP contribution in [0.1, 0.15) is 42.6 Å². The van der Waals surface area contributed by atoms with Gasteiger partial charge in [-0.25, -0.2) is 0 Å². The first-order chi connectivity index (χ1) is 11.9. The Morgan fingerprint density at radius 1 is 1.16 bits per heavy atom. The van der Waals surface area contributed by atoms with Crippen LogP contribution in [-0.4, -0.2) is 41.0 Å². The molecule has 25 heavy (non-hydrogen) atoms. The van der Waals surface area contributed by atoms with Crippen molar-refractivity contribution in [2.75, 3.05) is 13.1 Å². The summed E-state index contributed by atoms with van der Waals surface area (Å²) in [5.41, 5.74) is 0.491. The van der Waals surface area contributed by atoms with Crippen molar-refractivity contribution in [2.45, 2.75) is 32.1 Å². The number of carboxylic acids is 1. The molecule has 0 aliphatic heterocycles. The van der Waals surface area contributed by atoms with Crippen molar-refractivity contribution in [3.05, 3.63) is 20.8 Å². The average Bonchev–Trinajstić information content (AvgIpc) is 2.92. The third-order valence-corrected chi connectivity index (χ3v) is 6.16. The molecule has 0 radical (unpaired) electrons. The van der Waals surface area contributed by atoms with Crippen molar-refractivity contribution in [1.29, 1.82) is 0 Å². The molecule has 0 atom stereocenters. The second kappa shape index (κ2) is 9.38. The molecule has 0 bridgehead atoms. The number of carbonyl (C=O) groups excluding carboxylic acids is 2. The molecule has 1 aliphatic carbocycles. The van der Waals surface area contributed by atoms with E-state index in [2.05, 4.69) is 47.5 Å². The van der Waals surface area contributed by atoms with Crippen molar-refractivity contribution in [1.82, 2.24) is 15.6 Å². The van der Waals surface area contributed by atoms with Crippen molar-refractivity contribution < 1.29 is 19.5 Å². The maximum absolute atomic E-state index is 12.1. The third kappa shape index (κ3) is 6.14. The first-order valence-corrected chi connectivity index (χ1v) is 9.77. The summed E-state index contributed by atoms with van der Waals surface area (Å²) in [7, 11) is 0. The van der Waals surface area contributed by atoms with Gasteiger partial charge in [-0.2, -0.15) is 0 Å². The maximum Gasteiger partial charge on any atom is 0.305 e. The van der Waals surface area contributed by atoms with Gasteiger partial charge in [-0.1, -0.05) is 0 Å². The maximum atomic E-state index is 12.1. The highest BCUT2D eigenvalue weighted by Gasteiger charge is 2.26. The molecule has 1 aliphatic rings. The van der Waals surface area contributed by atoms with Crippen LogP contribution in [0, 0.1) is 11.8 Å². The molecule has 2 amide bonds. The quantitative estimate of drug-likeness (QED) is 0.482. The number of aromatic nitrogens is 1. The molecule has 2 rings (SSSR count). The number of nitrogens with one attached hydrogen (secondary N) is 3. The van der Waals surface area contributed by atoms with Gasteiger partial charge < -0.3 is 20.7 Å². The van der Waals surface area contributed by atoms with Gasteiger partial charge in [0.15, 0.2) is 0 Å². The Balaban J connectivity index is 1.69. The monoisotopic (exact) mass is 477 g/mol. The van der Waals surface area contributed by atoms with Crippen LogP contribution in [0.2, 0.25) is 0 Å². The van der Waals surface area contributed by atoms with Gasteiger partial charge in [0.25, 0.3) is 5.91 Å². The predicted molar refractivity (Wildman–Crippen MR) is 99.2 cm³/mol. The van der Waals surface area contributed by atoms with Crippen LogP contribution in [-0.2, 0) is 9.59 Å². The minimum atomic E-state index is -0.916. The summed E-state index contributed by atoms with van der Waals surface area (Å²) >= 11 is 6.63. The Labute approximate surface area is 162 Å². The van der Waals surface area contributed by atoms with Gasteiger partial charge in [0.05, 0.1) is 15.5 Å². The summed E-state index contributed by atoms with van der Waals surface area (Å²) in [6.45, 7) is 0.756. The summed E-state index contributed by atoms with van der Waals surface area (Å²) in [6.07, 6.45) is 3.21. The lowest BCUT2D eigenvalue weighted by Gasteiger charge is -2.27. The Morgan fingerprint density at radius 3 is 2.40 bits per heavy atom. The van der Waals surface area contributed by atoms with Gasteiger partial charge in [0, 0.05) is 19.0 Å². The van der Waals surface area contributed by atoms with Gasteiger partial charge >= 0.3 is 5.97 Å². The van der Waals surface area contributed by atoms with Gasteiger partial charge in [0.1, 0.15) is 5.69 Å². The zero-order valence-corrected chi connectivity index (χ0v) is 16.8. The standard InChI is InChI=1S/C16H21Br2N3O4/c17-11-7-12(21-14(11)18)16(25)20-8-9-1-3-10(4-2-9)15(24)19-6-5-13(22)23/h7,9-10,21H,1-6,8H2,(H,19,24)(H,20,25)(H,22,23). The number of amides is 2. The molecule has 0 saturated heterocycles. The Morgan fingerprint density at radius 2 is 1.84 bits per heavy atom. The summed E-state index contributed by atoms with van der Waals surface area (Å²) in [5, 5.41) is 14.2. The van der Waals surface area contributed by atoms with E-state index in [1.807, 2.05) is 0 Å². The van der Waals surface area contributed by atoms with E-state index in [0.29, 0.717) is 18.2 Å². The Bertz CT molecular complexity index is 620. The lowest BCUT2D eigenvalue weighted by molar-refractivity contribution is -0.137. The van der Waals surface area contributed by atoms with Crippen LogP contribution in [0.25, 0.3) is 0 Å². The van der Waals surface area contributed by atoms with E-state index in [-0.39, 0.29) is 30.7 Å². The molecule has 9 heteroatoms. The van der Waals surface area contributed by atoms with Crippen molar-refractivity contribution in [2.24, 2.45) is 11.8 Å². The van der Waals surface area contributed by atoms with Crippen molar-refractivity contribution in [3.8, 4) is 0 Å². The minimum absolute atomic E-state index is 0.0575. The molecule has 138 valence electrons. The topological polar surface area (TPSA) is 111 Å². The summed E-state index contributed by atoms with van der Waals surface area (Å²) in [4.78, 5) is 37.5. The number of aliphatic carboxylic acids is 1. The number of halogens is 2. The van der Waals surface area contributed by atoms with E-state index in [1.165, 1.54) is 0 Å². The van der Waals surface area contributed by atoms with Crippen LogP contribution >= 0.6 is 31.9 Å². The fraction of sp³-hybridized carbons (Fsp3) is 0.562. The number of carbonyl (C=O) groups is 3. The SMILES string of the molecule is O=C(O)CCNC(=O)C1CCC(CNC(=O)c2cc(Br)c(Br)[nH]2)CC1. The Hall–Kier alpha value is -1.35. The van der Waals surface area contributed by atoms with Crippen LogP contribution in [0.5, 0.6) is 0 Å². The second-order valence-electron chi connectivity index (χ2n) is 6.21. The number of aromatic amines is 1. The van der Waals surface area contributed by atoms with Gasteiger partial charge in [0.2, 0.25) is 5.91 Å². The van der Waals surface area contributed by atoms with Crippen LogP contribution in [0.15, 0.2) is 15.1 Å². The van der Waals surface area contributed by atoms with Crippen LogP contribution < -0.4 is 10.6 Å². The van der Waals surface area contributed by atoms with Crippen LogP contribution in [0.3, 0.4) is 0 Å². The smallest absolute Gasteiger partial charge is 0.305 e. The number of hydrogen-bond donors (Lipinski definition) is 4.